The average Bonchev–Trinajstić information content (AvgIpc) is 3.54. The maximum Gasteiger partial charge on any atom is 0.417 e. The molecule has 3 heterocycles. The zero-order valence-electron chi connectivity index (χ0n) is 29.7. The largest absolute Gasteiger partial charge is 0.504 e. The van der Waals surface area contributed by atoms with Gasteiger partial charge in [0.05, 0.1) is 46.6 Å². The van der Waals surface area contributed by atoms with E-state index in [1.54, 1.807) is 61.5 Å². The van der Waals surface area contributed by atoms with E-state index in [-0.39, 0.29) is 35.6 Å². The van der Waals surface area contributed by atoms with Crippen LogP contribution in [0, 0.1) is 30.6 Å². The van der Waals surface area contributed by atoms with Gasteiger partial charge in [-0.3, -0.25) is 24.6 Å². The third-order valence-electron chi connectivity index (χ3n) is 11.6. The molecule has 0 spiro atoms. The first-order valence-corrected chi connectivity index (χ1v) is 19.5. The molecule has 3 fully saturated rings. The van der Waals surface area contributed by atoms with E-state index in [9.17, 15) is 32.7 Å². The van der Waals surface area contributed by atoms with Gasteiger partial charge in [0, 0.05) is 32.2 Å². The lowest BCUT2D eigenvalue weighted by Gasteiger charge is -2.50. The Morgan fingerprint density at radius 2 is 1.67 bits per heavy atom. The second-order valence-corrected chi connectivity index (χ2v) is 16.6. The Morgan fingerprint density at radius 1 is 0.947 bits per heavy atom. The summed E-state index contributed by atoms with van der Waals surface area (Å²) in [6.07, 6.45) is -2.47. The van der Waals surface area contributed by atoms with Gasteiger partial charge in [-0.05, 0) is 79.3 Å². The summed E-state index contributed by atoms with van der Waals surface area (Å²) in [5, 5.41) is 12.7. The number of carbonyl (C=O) groups is 4. The number of hydrazine groups is 1. The van der Waals surface area contributed by atoms with Crippen molar-refractivity contribution < 1.29 is 42.2 Å². The number of carbonyl (C=O) groups excluding carboxylic acids is 4. The van der Waals surface area contributed by atoms with Gasteiger partial charge in [0.25, 0.3) is 11.8 Å². The van der Waals surface area contributed by atoms with Gasteiger partial charge in [-0.2, -0.15) is 18.2 Å². The quantitative estimate of drug-likeness (QED) is 0.145. The number of aryl methyl sites for hydroxylation is 1. The van der Waals surface area contributed by atoms with Crippen LogP contribution >= 0.6 is 50.7 Å². The minimum Gasteiger partial charge on any atom is -0.504 e. The van der Waals surface area contributed by atoms with Crippen molar-refractivity contribution in [1.82, 2.24) is 9.99 Å². The van der Waals surface area contributed by atoms with Crippen molar-refractivity contribution in [2.75, 3.05) is 17.4 Å². The van der Waals surface area contributed by atoms with Crippen molar-refractivity contribution in [2.45, 2.75) is 37.3 Å². The van der Waals surface area contributed by atoms with E-state index >= 15 is 4.79 Å². The number of nitrogens with one attached hydrogen (secondary N) is 1. The molecule has 0 radical (unpaired) electrons. The molecular formula is C40H29BrCl3F3N4O6. The molecule has 0 bridgehead atoms. The number of aromatic nitrogens is 1. The van der Waals surface area contributed by atoms with E-state index < -0.39 is 81.2 Å². The number of rotatable bonds is 6. The van der Waals surface area contributed by atoms with Crippen LogP contribution in [0.1, 0.15) is 41.0 Å². The van der Waals surface area contributed by atoms with Crippen LogP contribution in [0.2, 0.25) is 15.1 Å². The molecule has 4 aromatic rings. The lowest BCUT2D eigenvalue weighted by Crippen LogP contribution is -2.53. The van der Waals surface area contributed by atoms with E-state index in [0.29, 0.717) is 42.9 Å². The average molecular weight is 905 g/mol. The number of amides is 4. The minimum absolute atomic E-state index is 0.0422. The van der Waals surface area contributed by atoms with Crippen LogP contribution in [-0.2, 0) is 30.8 Å². The summed E-state index contributed by atoms with van der Waals surface area (Å²) in [6.45, 7) is 1.79. The maximum atomic E-state index is 15.4. The van der Waals surface area contributed by atoms with E-state index in [1.807, 2.05) is 0 Å². The number of benzene rings is 3. The molecule has 8 rings (SSSR count). The van der Waals surface area contributed by atoms with Gasteiger partial charge in [0.15, 0.2) is 17.3 Å². The van der Waals surface area contributed by atoms with Crippen molar-refractivity contribution in [1.29, 1.82) is 0 Å². The fraction of sp³-hybridized carbons (Fsp3) is 0.275. The van der Waals surface area contributed by atoms with Crippen LogP contribution in [0.4, 0.5) is 24.7 Å². The van der Waals surface area contributed by atoms with Gasteiger partial charge < -0.3 is 9.84 Å². The van der Waals surface area contributed by atoms with Crippen LogP contribution in [0.5, 0.6) is 11.5 Å². The molecule has 2 N–H and O–H groups in total. The molecule has 4 aliphatic rings. The molecule has 57 heavy (non-hydrogen) atoms. The van der Waals surface area contributed by atoms with Crippen molar-refractivity contribution >= 4 is 85.9 Å². The highest BCUT2D eigenvalue weighted by atomic mass is 79.9. The standard InChI is InChI=1S/C40H29BrCl3F3N4O6/c1-17-3-8-22(14-28(17)43)50-35(53)24-10-9-23-25(31(24)37(50)55)15-27-36(54)51(49-34-29(44)11-19(16-48-34)40(45,46)47)38(56)39(27,18-4-6-21(42)7-5-18)32(23)26-12-20(41)13-30(57-2)33(26)52/h3-9,11-14,16,24-25,27,31-32,52H,10,15H2,1-2H3,(H,48,49)/t24-,25+,27-,31-,32+,39+/m0/s1. The molecule has 1 aromatic heterocycles. The van der Waals surface area contributed by atoms with Gasteiger partial charge in [0.1, 0.15) is 0 Å². The highest BCUT2D eigenvalue weighted by Gasteiger charge is 2.71. The van der Waals surface area contributed by atoms with Crippen LogP contribution in [0.3, 0.4) is 0 Å². The highest BCUT2D eigenvalue weighted by molar-refractivity contribution is 9.10. The van der Waals surface area contributed by atoms with Gasteiger partial charge >= 0.3 is 6.18 Å². The van der Waals surface area contributed by atoms with Crippen molar-refractivity contribution in [3.63, 3.8) is 0 Å². The smallest absolute Gasteiger partial charge is 0.417 e. The molecule has 294 valence electrons. The first-order chi connectivity index (χ1) is 27.0. The van der Waals surface area contributed by atoms with Crippen molar-refractivity contribution in [2.24, 2.45) is 23.7 Å². The predicted molar refractivity (Wildman–Crippen MR) is 208 cm³/mol. The molecule has 17 heteroatoms. The van der Waals surface area contributed by atoms with Gasteiger partial charge in [0.2, 0.25) is 11.8 Å². The number of imide groups is 2. The third kappa shape index (κ3) is 6.01. The summed E-state index contributed by atoms with van der Waals surface area (Å²) in [7, 11) is 1.35. The van der Waals surface area contributed by atoms with Gasteiger partial charge in [-0.25, -0.2) is 9.88 Å². The Hall–Kier alpha value is -4.63. The van der Waals surface area contributed by atoms with Crippen LogP contribution in [0.25, 0.3) is 0 Å². The fourth-order valence-electron chi connectivity index (χ4n) is 9.07. The van der Waals surface area contributed by atoms with E-state index in [2.05, 4.69) is 26.3 Å². The number of phenolic OH excluding ortho intramolecular Hbond substituents is 1. The number of methoxy groups -OCH3 is 1. The number of phenols is 1. The van der Waals surface area contributed by atoms with Crippen molar-refractivity contribution in [3.05, 3.63) is 120 Å². The van der Waals surface area contributed by atoms with Gasteiger partial charge in [-0.15, -0.1) is 0 Å². The molecule has 2 aliphatic carbocycles. The number of pyridine rings is 1. The minimum atomic E-state index is -4.77. The molecule has 2 aliphatic heterocycles. The second-order valence-electron chi connectivity index (χ2n) is 14.4. The Balaban J connectivity index is 1.34. The summed E-state index contributed by atoms with van der Waals surface area (Å²) in [5.74, 6) is -8.38. The Morgan fingerprint density at radius 3 is 2.32 bits per heavy atom. The molecule has 2 saturated heterocycles. The van der Waals surface area contributed by atoms with Crippen molar-refractivity contribution in [3.8, 4) is 11.5 Å². The number of anilines is 2. The molecule has 3 aromatic carbocycles. The number of fused-ring (bicyclic) bond motifs is 4. The molecule has 6 atom stereocenters. The van der Waals surface area contributed by atoms with E-state index in [0.717, 1.165) is 10.5 Å². The van der Waals surface area contributed by atoms with E-state index in [4.69, 9.17) is 39.5 Å². The number of allylic oxidation sites excluding steroid dienone is 2. The summed E-state index contributed by atoms with van der Waals surface area (Å²) >= 11 is 22.5. The normalized spacial score (nSPS) is 25.6. The molecular weight excluding hydrogens is 876 g/mol. The van der Waals surface area contributed by atoms with Crippen LogP contribution in [-0.4, -0.2) is 45.8 Å². The Labute approximate surface area is 346 Å². The summed E-state index contributed by atoms with van der Waals surface area (Å²) in [4.78, 5) is 64.0. The Kier molecular flexibility index (Phi) is 9.65. The second kappa shape index (κ2) is 14.0. The van der Waals surface area contributed by atoms with Crippen LogP contribution < -0.4 is 15.1 Å². The summed E-state index contributed by atoms with van der Waals surface area (Å²) in [5.41, 5.74) is 1.62. The number of hydrogen-bond donors (Lipinski definition) is 2. The number of ether oxygens (including phenoxy) is 1. The van der Waals surface area contributed by atoms with Gasteiger partial charge in [-0.1, -0.05) is 80.6 Å². The lowest BCUT2D eigenvalue weighted by atomic mass is 9.49. The number of aromatic hydroxyl groups is 1. The maximum absolute atomic E-state index is 15.4. The van der Waals surface area contributed by atoms with Crippen LogP contribution in [0.15, 0.2) is 83.0 Å². The topological polar surface area (TPSA) is 129 Å². The number of nitrogens with zero attached hydrogens (tertiary/aromatic N) is 3. The monoisotopic (exact) mass is 902 g/mol. The first kappa shape index (κ1) is 39.2. The number of alkyl halides is 3. The zero-order chi connectivity index (χ0) is 40.9. The number of hydrogen-bond acceptors (Lipinski definition) is 8. The SMILES string of the molecule is COc1cc(Br)cc([C@H]2C3=CC[C@@H]4C(=O)N(c5ccc(C)c(Cl)c5)C(=O)[C@@H]4[C@@H]3C[C@H]3C(=O)N(Nc4ncc(C(F)(F)F)cc4Cl)C(=O)[C@@]23c2ccc(Cl)cc2)c1O. The summed E-state index contributed by atoms with van der Waals surface area (Å²) in [6, 6.07) is 14.9. The predicted octanol–water partition coefficient (Wildman–Crippen LogP) is 9.04. The third-order valence-corrected chi connectivity index (χ3v) is 13.0. The van der Waals surface area contributed by atoms with E-state index in [1.165, 1.54) is 13.2 Å². The highest BCUT2D eigenvalue weighted by Crippen LogP contribution is 2.65. The fourth-order valence-corrected chi connectivity index (χ4v) is 10.0. The molecule has 4 amide bonds. The molecule has 0 unspecified atom stereocenters. The lowest BCUT2D eigenvalue weighted by molar-refractivity contribution is -0.139. The Bertz CT molecular complexity index is 2450. The molecule has 1 saturated carbocycles. The zero-order valence-corrected chi connectivity index (χ0v) is 33.6. The first-order valence-electron chi connectivity index (χ1n) is 17.5. The molecule has 10 nitrogen and oxygen atoms in total. The summed E-state index contributed by atoms with van der Waals surface area (Å²) < 4.78 is 46.5. The number of halogens is 7.